The number of hydrogen-bond acceptors (Lipinski definition) is 9. The molecule has 2 aliphatic rings. The smallest absolute Gasteiger partial charge is 0.205 e. The topological polar surface area (TPSA) is 100 Å². The molecule has 3 N–H and O–H groups in total. The molecule has 30 heavy (non-hydrogen) atoms. The number of nitrogens with zero attached hydrogens (tertiary/aromatic N) is 5. The second kappa shape index (κ2) is 7.90. The van der Waals surface area contributed by atoms with Gasteiger partial charge in [-0.15, -0.1) is 0 Å². The van der Waals surface area contributed by atoms with E-state index in [1.807, 2.05) is 18.2 Å². The average molecular weight is 424 g/mol. The molecule has 156 valence electrons. The van der Waals surface area contributed by atoms with E-state index in [9.17, 15) is 4.79 Å². The number of nitrogen functional groups attached to an aromatic ring is 1. The summed E-state index contributed by atoms with van der Waals surface area (Å²) in [5.41, 5.74) is 9.68. The first kappa shape index (κ1) is 19.3. The van der Waals surface area contributed by atoms with E-state index >= 15 is 0 Å². The Morgan fingerprint density at radius 3 is 2.93 bits per heavy atom. The number of piperidine rings is 1. The molecule has 2 aromatic heterocycles. The molecule has 3 aromatic rings. The van der Waals surface area contributed by atoms with Crippen molar-refractivity contribution in [2.24, 2.45) is 0 Å². The summed E-state index contributed by atoms with van der Waals surface area (Å²) in [6, 6.07) is 6.33. The van der Waals surface area contributed by atoms with Crippen LogP contribution in [-0.4, -0.2) is 64.9 Å². The Morgan fingerprint density at radius 2 is 2.10 bits per heavy atom. The zero-order valence-corrected chi connectivity index (χ0v) is 17.8. The van der Waals surface area contributed by atoms with Crippen molar-refractivity contribution in [3.8, 4) is 0 Å². The van der Waals surface area contributed by atoms with Crippen molar-refractivity contribution in [1.29, 1.82) is 0 Å². The van der Waals surface area contributed by atoms with Crippen molar-refractivity contribution in [2.45, 2.75) is 25.3 Å². The maximum absolute atomic E-state index is 12.8. The van der Waals surface area contributed by atoms with Crippen LogP contribution in [0.5, 0.6) is 0 Å². The third kappa shape index (κ3) is 3.64. The largest absolute Gasteiger partial charge is 0.399 e. The van der Waals surface area contributed by atoms with Crippen LogP contribution in [0.15, 0.2) is 24.5 Å². The van der Waals surface area contributed by atoms with Gasteiger partial charge in [0.1, 0.15) is 16.7 Å². The molecular weight excluding hydrogens is 398 g/mol. The number of hydrogen-bond donors (Lipinski definition) is 2. The number of benzene rings is 1. The summed E-state index contributed by atoms with van der Waals surface area (Å²) in [6.45, 7) is 3.25. The minimum Gasteiger partial charge on any atom is -0.399 e. The second-order valence-electron chi connectivity index (χ2n) is 8.04. The summed E-state index contributed by atoms with van der Waals surface area (Å²) in [5.74, 6) is 0.763. The van der Waals surface area contributed by atoms with E-state index < -0.39 is 0 Å². The molecule has 0 bridgehead atoms. The first-order chi connectivity index (χ1) is 14.6. The van der Waals surface area contributed by atoms with E-state index in [2.05, 4.69) is 37.1 Å². The van der Waals surface area contributed by atoms with Crippen molar-refractivity contribution in [3.63, 3.8) is 0 Å². The van der Waals surface area contributed by atoms with Crippen LogP contribution in [0.3, 0.4) is 0 Å². The van der Waals surface area contributed by atoms with Crippen LogP contribution in [0.4, 0.5) is 17.2 Å². The zero-order valence-electron chi connectivity index (χ0n) is 17.0. The van der Waals surface area contributed by atoms with Gasteiger partial charge in [-0.05, 0) is 63.2 Å². The summed E-state index contributed by atoms with van der Waals surface area (Å²) < 4.78 is 0. The van der Waals surface area contributed by atoms with Crippen molar-refractivity contribution < 1.29 is 4.79 Å². The summed E-state index contributed by atoms with van der Waals surface area (Å²) in [5, 5.41) is 3.89. The number of nitrogens with one attached hydrogen (secondary N) is 1. The summed E-state index contributed by atoms with van der Waals surface area (Å²) in [4.78, 5) is 31.5. The highest BCUT2D eigenvalue weighted by molar-refractivity contribution is 7.20. The van der Waals surface area contributed by atoms with Gasteiger partial charge in [0.05, 0.1) is 6.54 Å². The van der Waals surface area contributed by atoms with Crippen molar-refractivity contribution in [2.75, 3.05) is 43.9 Å². The van der Waals surface area contributed by atoms with E-state index in [0.717, 1.165) is 60.9 Å². The van der Waals surface area contributed by atoms with Crippen LogP contribution in [0, 0.1) is 0 Å². The number of anilines is 3. The third-order valence-electron chi connectivity index (χ3n) is 5.94. The number of carbonyl (C=O) groups excluding carboxylic acids is 1. The minimum absolute atomic E-state index is 0.0115. The lowest BCUT2D eigenvalue weighted by Crippen LogP contribution is -2.42. The number of likely N-dealkylation sites (tertiary alicyclic amines) is 1. The highest BCUT2D eigenvalue weighted by Crippen LogP contribution is 2.38. The van der Waals surface area contributed by atoms with Gasteiger partial charge in [-0.25, -0.2) is 15.0 Å². The van der Waals surface area contributed by atoms with Gasteiger partial charge in [0, 0.05) is 24.0 Å². The predicted octanol–water partition coefficient (Wildman–Crippen LogP) is 2.23. The SMILES string of the molecule is CN1CCC(NCC(=O)c2nc3c(N4CCc5cc(N)ccc54)ncnc3s2)CC1. The molecule has 5 rings (SSSR count). The molecule has 1 aromatic carbocycles. The number of thiazole rings is 1. The summed E-state index contributed by atoms with van der Waals surface area (Å²) >= 11 is 1.34. The molecule has 0 radical (unpaired) electrons. The number of fused-ring (bicyclic) bond motifs is 2. The Hall–Kier alpha value is -2.62. The van der Waals surface area contributed by atoms with Gasteiger partial charge >= 0.3 is 0 Å². The molecule has 2 aliphatic heterocycles. The van der Waals surface area contributed by atoms with Crippen LogP contribution in [0.2, 0.25) is 0 Å². The predicted molar refractivity (Wildman–Crippen MR) is 120 cm³/mol. The van der Waals surface area contributed by atoms with Crippen molar-refractivity contribution in [3.05, 3.63) is 35.1 Å². The van der Waals surface area contributed by atoms with E-state index in [4.69, 9.17) is 5.73 Å². The normalized spacial score (nSPS) is 17.6. The van der Waals surface area contributed by atoms with Gasteiger partial charge in [0.2, 0.25) is 5.78 Å². The monoisotopic (exact) mass is 423 g/mol. The number of Topliss-reactive ketones (excluding diaryl/α,β-unsaturated/α-hetero) is 1. The molecule has 0 atom stereocenters. The fraction of sp³-hybridized carbons (Fsp3) is 0.429. The quantitative estimate of drug-likeness (QED) is 0.476. The average Bonchev–Trinajstić information content (AvgIpc) is 3.37. The fourth-order valence-corrected chi connectivity index (χ4v) is 5.07. The van der Waals surface area contributed by atoms with E-state index in [1.54, 1.807) is 6.33 Å². The Bertz CT molecular complexity index is 1090. The first-order valence-electron chi connectivity index (χ1n) is 10.3. The summed E-state index contributed by atoms with van der Waals surface area (Å²) in [6.07, 6.45) is 4.59. The van der Waals surface area contributed by atoms with Gasteiger partial charge in [-0.1, -0.05) is 11.3 Å². The Balaban J connectivity index is 1.36. The molecule has 1 saturated heterocycles. The van der Waals surface area contributed by atoms with E-state index in [1.165, 1.54) is 16.9 Å². The highest BCUT2D eigenvalue weighted by Gasteiger charge is 2.26. The Morgan fingerprint density at radius 1 is 1.27 bits per heavy atom. The molecular formula is C21H25N7OS. The minimum atomic E-state index is 0.0115. The van der Waals surface area contributed by atoms with E-state index in [-0.39, 0.29) is 5.78 Å². The molecule has 0 saturated carbocycles. The Labute approximate surface area is 179 Å². The van der Waals surface area contributed by atoms with Crippen LogP contribution >= 0.6 is 11.3 Å². The molecule has 0 amide bonds. The lowest BCUT2D eigenvalue weighted by Gasteiger charge is -2.29. The van der Waals surface area contributed by atoms with Gasteiger partial charge < -0.3 is 20.9 Å². The highest BCUT2D eigenvalue weighted by atomic mass is 32.1. The molecule has 8 nitrogen and oxygen atoms in total. The fourth-order valence-electron chi connectivity index (χ4n) is 4.23. The maximum atomic E-state index is 12.8. The second-order valence-corrected chi connectivity index (χ2v) is 9.02. The van der Waals surface area contributed by atoms with Crippen LogP contribution in [0.1, 0.15) is 28.2 Å². The lowest BCUT2D eigenvalue weighted by molar-refractivity contribution is 0.0981. The van der Waals surface area contributed by atoms with Gasteiger partial charge in [0.25, 0.3) is 0 Å². The van der Waals surface area contributed by atoms with E-state index in [0.29, 0.717) is 23.1 Å². The van der Waals surface area contributed by atoms with Gasteiger partial charge in [0.15, 0.2) is 10.8 Å². The first-order valence-corrected chi connectivity index (χ1v) is 11.1. The van der Waals surface area contributed by atoms with Gasteiger partial charge in [-0.2, -0.15) is 0 Å². The molecule has 0 aliphatic carbocycles. The molecule has 0 spiro atoms. The van der Waals surface area contributed by atoms with Crippen LogP contribution in [0.25, 0.3) is 10.3 Å². The van der Waals surface area contributed by atoms with Crippen LogP contribution in [-0.2, 0) is 6.42 Å². The van der Waals surface area contributed by atoms with Crippen LogP contribution < -0.4 is 16.0 Å². The number of nitrogens with two attached hydrogens (primary N) is 1. The molecule has 9 heteroatoms. The standard InChI is InChI=1S/C21H25N7OS/c1-27-7-5-15(6-8-27)23-11-17(29)20-26-18-19(24-12-25-21(18)30-20)28-9-4-13-10-14(22)2-3-16(13)28/h2-3,10,12,15,23H,4-9,11,22H2,1H3. The third-order valence-corrected chi connectivity index (χ3v) is 6.94. The number of carbonyl (C=O) groups is 1. The van der Waals surface area contributed by atoms with Gasteiger partial charge in [-0.3, -0.25) is 4.79 Å². The Kier molecular flexibility index (Phi) is 5.10. The zero-order chi connectivity index (χ0) is 20.7. The molecule has 0 unspecified atom stereocenters. The summed E-state index contributed by atoms with van der Waals surface area (Å²) in [7, 11) is 2.13. The molecule has 4 heterocycles. The van der Waals surface area contributed by atoms with Crippen molar-refractivity contribution in [1.82, 2.24) is 25.2 Å². The number of rotatable bonds is 5. The maximum Gasteiger partial charge on any atom is 0.205 e. The number of ketones is 1. The number of aromatic nitrogens is 3. The molecule has 1 fully saturated rings. The lowest BCUT2D eigenvalue weighted by atomic mass is 10.1. The van der Waals surface area contributed by atoms with Crippen molar-refractivity contribution >= 4 is 44.7 Å².